The molecule has 0 spiro atoms. The largest absolute Gasteiger partial charge is 0.391 e. The summed E-state index contributed by atoms with van der Waals surface area (Å²) in [4.78, 5) is 28.8. The summed E-state index contributed by atoms with van der Waals surface area (Å²) in [5, 5.41) is 10.1. The third kappa shape index (κ3) is 6.13. The van der Waals surface area contributed by atoms with Crippen LogP contribution in [0.4, 0.5) is 0 Å². The predicted octanol–water partition coefficient (Wildman–Crippen LogP) is 2.48. The van der Waals surface area contributed by atoms with Crippen LogP contribution in [0.5, 0.6) is 0 Å². The van der Waals surface area contributed by atoms with Crippen molar-refractivity contribution in [2.24, 2.45) is 5.41 Å². The number of benzene rings is 1. The van der Waals surface area contributed by atoms with Gasteiger partial charge in [-0.3, -0.25) is 9.59 Å². The van der Waals surface area contributed by atoms with E-state index in [1.165, 1.54) is 0 Å². The fourth-order valence-electron chi connectivity index (χ4n) is 3.57. The number of amides is 2. The van der Waals surface area contributed by atoms with E-state index in [0.717, 1.165) is 12.0 Å². The highest BCUT2D eigenvalue weighted by Gasteiger charge is 2.35. The van der Waals surface area contributed by atoms with E-state index in [4.69, 9.17) is 0 Å². The van der Waals surface area contributed by atoms with E-state index >= 15 is 0 Å². The lowest BCUT2D eigenvalue weighted by Crippen LogP contribution is -2.42. The first-order chi connectivity index (χ1) is 12.3. The SMILES string of the molecule is CCCC(O)CN1CC(C)(C)CN(C(=O)CCc2ccccc2)CC1=O. The van der Waals surface area contributed by atoms with Gasteiger partial charge < -0.3 is 14.9 Å². The van der Waals surface area contributed by atoms with Crippen molar-refractivity contribution in [3.63, 3.8) is 0 Å². The molecule has 1 aliphatic rings. The van der Waals surface area contributed by atoms with Crippen LogP contribution in [0, 0.1) is 5.41 Å². The molecule has 1 fully saturated rings. The Morgan fingerprint density at radius 1 is 1.23 bits per heavy atom. The molecule has 0 radical (unpaired) electrons. The van der Waals surface area contributed by atoms with Gasteiger partial charge in [-0.1, -0.05) is 57.5 Å². The van der Waals surface area contributed by atoms with E-state index in [0.29, 0.717) is 38.9 Å². The molecule has 1 heterocycles. The lowest BCUT2D eigenvalue weighted by atomic mass is 9.92. The molecule has 0 aliphatic carbocycles. The number of nitrogens with zero attached hydrogens (tertiary/aromatic N) is 2. The van der Waals surface area contributed by atoms with Crippen molar-refractivity contribution < 1.29 is 14.7 Å². The molecule has 1 aliphatic heterocycles. The Morgan fingerprint density at radius 3 is 2.58 bits per heavy atom. The number of β-amino-alcohol motifs (C(OH)–C–C–N with tert-alkyl or cyclic N) is 1. The van der Waals surface area contributed by atoms with Crippen molar-refractivity contribution in [3.8, 4) is 0 Å². The van der Waals surface area contributed by atoms with Crippen LogP contribution in [0.25, 0.3) is 0 Å². The Bertz CT molecular complexity index is 601. The first kappa shape index (κ1) is 20.4. The van der Waals surface area contributed by atoms with E-state index in [1.807, 2.05) is 37.3 Å². The van der Waals surface area contributed by atoms with Crippen molar-refractivity contribution in [2.75, 3.05) is 26.2 Å². The third-order valence-corrected chi connectivity index (χ3v) is 4.79. The molecule has 5 nitrogen and oxygen atoms in total. The van der Waals surface area contributed by atoms with E-state index in [-0.39, 0.29) is 23.8 Å². The second kappa shape index (κ2) is 9.17. The maximum Gasteiger partial charge on any atom is 0.242 e. The van der Waals surface area contributed by atoms with Crippen molar-refractivity contribution in [2.45, 2.75) is 52.6 Å². The summed E-state index contributed by atoms with van der Waals surface area (Å²) in [6.07, 6.45) is 2.16. The lowest BCUT2D eigenvalue weighted by molar-refractivity contribution is -0.139. The molecule has 1 atom stereocenters. The van der Waals surface area contributed by atoms with Crippen LogP contribution in [-0.2, 0) is 16.0 Å². The van der Waals surface area contributed by atoms with Gasteiger partial charge in [-0.25, -0.2) is 0 Å². The van der Waals surface area contributed by atoms with Gasteiger partial charge in [-0.2, -0.15) is 0 Å². The number of hydrogen-bond acceptors (Lipinski definition) is 3. The first-order valence-corrected chi connectivity index (χ1v) is 9.58. The van der Waals surface area contributed by atoms with Gasteiger partial charge in [0.1, 0.15) is 0 Å². The molecule has 1 N–H and O–H groups in total. The van der Waals surface area contributed by atoms with Crippen molar-refractivity contribution in [3.05, 3.63) is 35.9 Å². The molecule has 1 saturated heterocycles. The molecule has 2 amide bonds. The summed E-state index contributed by atoms with van der Waals surface area (Å²) in [5.74, 6) is -0.0509. The topological polar surface area (TPSA) is 60.9 Å². The number of carbonyl (C=O) groups excluding carboxylic acids is 2. The van der Waals surface area contributed by atoms with Crippen molar-refractivity contribution in [1.29, 1.82) is 0 Å². The number of aliphatic hydroxyl groups is 1. The lowest BCUT2D eigenvalue weighted by Gasteiger charge is -2.31. The van der Waals surface area contributed by atoms with Crippen molar-refractivity contribution in [1.82, 2.24) is 9.80 Å². The van der Waals surface area contributed by atoms with Crippen LogP contribution in [0.3, 0.4) is 0 Å². The van der Waals surface area contributed by atoms with Gasteiger partial charge in [0.05, 0.1) is 12.6 Å². The van der Waals surface area contributed by atoms with E-state index in [2.05, 4.69) is 13.8 Å². The summed E-state index contributed by atoms with van der Waals surface area (Å²) in [6, 6.07) is 9.93. The van der Waals surface area contributed by atoms with Gasteiger partial charge in [0.25, 0.3) is 0 Å². The van der Waals surface area contributed by atoms with Crippen molar-refractivity contribution >= 4 is 11.8 Å². The maximum absolute atomic E-state index is 12.7. The Hall–Kier alpha value is -1.88. The number of hydrogen-bond donors (Lipinski definition) is 1. The van der Waals surface area contributed by atoms with E-state index in [1.54, 1.807) is 9.80 Å². The van der Waals surface area contributed by atoms with Gasteiger partial charge in [-0.05, 0) is 23.8 Å². The van der Waals surface area contributed by atoms with Crippen LogP contribution in [0.1, 0.15) is 45.6 Å². The number of aliphatic hydroxyl groups excluding tert-OH is 1. The number of aryl methyl sites for hydroxylation is 1. The van der Waals surface area contributed by atoms with Crippen LogP contribution < -0.4 is 0 Å². The normalized spacial score (nSPS) is 18.5. The summed E-state index contributed by atoms with van der Waals surface area (Å²) < 4.78 is 0. The number of rotatable bonds is 7. The van der Waals surface area contributed by atoms with Gasteiger partial charge in [0.2, 0.25) is 11.8 Å². The monoisotopic (exact) mass is 360 g/mol. The molecule has 5 heteroatoms. The molecule has 144 valence electrons. The Morgan fingerprint density at radius 2 is 1.92 bits per heavy atom. The van der Waals surface area contributed by atoms with Gasteiger partial charge in [0.15, 0.2) is 0 Å². The highest BCUT2D eigenvalue weighted by molar-refractivity contribution is 5.85. The van der Waals surface area contributed by atoms with E-state index < -0.39 is 6.10 Å². The fraction of sp³-hybridized carbons (Fsp3) is 0.619. The summed E-state index contributed by atoms with van der Waals surface area (Å²) in [7, 11) is 0. The third-order valence-electron chi connectivity index (χ3n) is 4.79. The minimum Gasteiger partial charge on any atom is -0.391 e. The summed E-state index contributed by atoms with van der Waals surface area (Å²) in [5.41, 5.74) is 0.936. The van der Waals surface area contributed by atoms with Crippen LogP contribution in [0.15, 0.2) is 30.3 Å². The highest BCUT2D eigenvalue weighted by atomic mass is 16.3. The highest BCUT2D eigenvalue weighted by Crippen LogP contribution is 2.24. The summed E-state index contributed by atoms with van der Waals surface area (Å²) >= 11 is 0. The van der Waals surface area contributed by atoms with E-state index in [9.17, 15) is 14.7 Å². The predicted molar refractivity (Wildman–Crippen MR) is 103 cm³/mol. The minimum atomic E-state index is -0.500. The molecule has 2 rings (SSSR count). The molecule has 0 bridgehead atoms. The van der Waals surface area contributed by atoms with Crippen LogP contribution in [-0.4, -0.2) is 59.0 Å². The molecule has 1 aromatic rings. The Kier molecular flexibility index (Phi) is 7.21. The maximum atomic E-state index is 12.7. The van der Waals surface area contributed by atoms with Gasteiger partial charge in [-0.15, -0.1) is 0 Å². The average Bonchev–Trinajstić information content (AvgIpc) is 2.69. The molecular weight excluding hydrogens is 328 g/mol. The first-order valence-electron chi connectivity index (χ1n) is 9.58. The molecule has 1 unspecified atom stereocenters. The standard InChI is InChI=1S/C21H32N2O3/c1-4-8-18(24)13-22-15-21(2,3)16-23(14-20(22)26)19(25)12-11-17-9-6-5-7-10-17/h5-7,9-10,18,24H,4,8,11-16H2,1-3H3. The van der Waals surface area contributed by atoms with Crippen LogP contribution in [0.2, 0.25) is 0 Å². The average molecular weight is 360 g/mol. The molecule has 0 aromatic heterocycles. The Balaban J connectivity index is 1.99. The smallest absolute Gasteiger partial charge is 0.242 e. The van der Waals surface area contributed by atoms with Gasteiger partial charge in [0, 0.05) is 26.1 Å². The molecule has 26 heavy (non-hydrogen) atoms. The minimum absolute atomic E-state index is 0.0197. The van der Waals surface area contributed by atoms with Crippen LogP contribution >= 0.6 is 0 Å². The second-order valence-electron chi connectivity index (χ2n) is 8.12. The quantitative estimate of drug-likeness (QED) is 0.813. The molecule has 1 aromatic carbocycles. The molecular formula is C21H32N2O3. The summed E-state index contributed by atoms with van der Waals surface area (Å²) in [6.45, 7) is 7.74. The zero-order valence-corrected chi connectivity index (χ0v) is 16.3. The second-order valence-corrected chi connectivity index (χ2v) is 8.12. The zero-order chi connectivity index (χ0) is 19.2. The Labute approximate surface area is 157 Å². The van der Waals surface area contributed by atoms with Gasteiger partial charge >= 0.3 is 0 Å². The molecule has 0 saturated carbocycles. The number of carbonyl (C=O) groups is 2. The fourth-order valence-corrected chi connectivity index (χ4v) is 3.57. The zero-order valence-electron chi connectivity index (χ0n) is 16.3.